The Morgan fingerprint density at radius 2 is 2.22 bits per heavy atom. The topological polar surface area (TPSA) is 47.0 Å². The van der Waals surface area contributed by atoms with Gasteiger partial charge in [0.15, 0.2) is 0 Å². The minimum absolute atomic E-state index is 0.190. The average Bonchev–Trinajstić information content (AvgIpc) is 2.37. The van der Waals surface area contributed by atoms with Crippen molar-refractivity contribution in [1.29, 1.82) is 0 Å². The third-order valence-corrected chi connectivity index (χ3v) is 3.41. The standard InChI is InChI=1S/C14H23N3O/c1-14(2,3)13-11(5-4-8-18-13)9-17-12-10-15-6-7-16-12/h6-7,10-11,13H,4-5,8-9H2,1-3H3,(H,16,17). The third kappa shape index (κ3) is 3.42. The highest BCUT2D eigenvalue weighted by atomic mass is 16.5. The quantitative estimate of drug-likeness (QED) is 0.894. The number of nitrogens with zero attached hydrogens (tertiary/aromatic N) is 2. The monoisotopic (exact) mass is 249 g/mol. The van der Waals surface area contributed by atoms with Crippen LogP contribution in [0.1, 0.15) is 33.6 Å². The van der Waals surface area contributed by atoms with E-state index in [4.69, 9.17) is 4.74 Å². The normalized spacial score (nSPS) is 24.8. The molecular formula is C14H23N3O. The first-order chi connectivity index (χ1) is 8.57. The molecule has 2 rings (SSSR count). The van der Waals surface area contributed by atoms with Crippen molar-refractivity contribution in [3.05, 3.63) is 18.6 Å². The summed E-state index contributed by atoms with van der Waals surface area (Å²) in [6, 6.07) is 0. The fraction of sp³-hybridized carbons (Fsp3) is 0.714. The van der Waals surface area contributed by atoms with Crippen molar-refractivity contribution < 1.29 is 4.74 Å². The van der Waals surface area contributed by atoms with Crippen LogP contribution in [-0.4, -0.2) is 29.2 Å². The summed E-state index contributed by atoms with van der Waals surface area (Å²) in [5, 5.41) is 3.36. The lowest BCUT2D eigenvalue weighted by Crippen LogP contribution is -2.42. The number of hydrogen-bond acceptors (Lipinski definition) is 4. The van der Waals surface area contributed by atoms with E-state index in [-0.39, 0.29) is 5.41 Å². The van der Waals surface area contributed by atoms with E-state index in [0.29, 0.717) is 12.0 Å². The molecule has 1 aromatic heterocycles. The van der Waals surface area contributed by atoms with E-state index in [0.717, 1.165) is 25.4 Å². The highest BCUT2D eigenvalue weighted by Crippen LogP contribution is 2.34. The van der Waals surface area contributed by atoms with Gasteiger partial charge >= 0.3 is 0 Å². The van der Waals surface area contributed by atoms with E-state index in [1.807, 2.05) is 0 Å². The highest BCUT2D eigenvalue weighted by Gasteiger charge is 2.35. The second-order valence-electron chi connectivity index (χ2n) is 6.03. The van der Waals surface area contributed by atoms with Gasteiger partial charge in [-0.15, -0.1) is 0 Å². The summed E-state index contributed by atoms with van der Waals surface area (Å²) < 4.78 is 5.97. The second-order valence-corrected chi connectivity index (χ2v) is 6.03. The summed E-state index contributed by atoms with van der Waals surface area (Å²) in [7, 11) is 0. The van der Waals surface area contributed by atoms with Crippen LogP contribution >= 0.6 is 0 Å². The van der Waals surface area contributed by atoms with Gasteiger partial charge in [-0.25, -0.2) is 4.98 Å². The van der Waals surface area contributed by atoms with Gasteiger partial charge in [0, 0.05) is 31.5 Å². The fourth-order valence-electron chi connectivity index (χ4n) is 2.64. The van der Waals surface area contributed by atoms with Crippen LogP contribution in [-0.2, 0) is 4.74 Å². The van der Waals surface area contributed by atoms with E-state index in [1.54, 1.807) is 18.6 Å². The number of aromatic nitrogens is 2. The van der Waals surface area contributed by atoms with Crippen molar-refractivity contribution in [3.8, 4) is 0 Å². The van der Waals surface area contributed by atoms with Crippen LogP contribution in [0, 0.1) is 11.3 Å². The van der Waals surface area contributed by atoms with Crippen molar-refractivity contribution in [3.63, 3.8) is 0 Å². The molecule has 4 heteroatoms. The van der Waals surface area contributed by atoms with E-state index in [9.17, 15) is 0 Å². The number of rotatable bonds is 3. The van der Waals surface area contributed by atoms with Gasteiger partial charge in [0.05, 0.1) is 12.3 Å². The molecule has 1 aliphatic heterocycles. The molecule has 0 radical (unpaired) electrons. The van der Waals surface area contributed by atoms with Crippen LogP contribution < -0.4 is 5.32 Å². The molecular weight excluding hydrogens is 226 g/mol. The molecule has 2 atom stereocenters. The van der Waals surface area contributed by atoms with Crippen LogP contribution in [0.25, 0.3) is 0 Å². The van der Waals surface area contributed by atoms with Gasteiger partial charge in [-0.1, -0.05) is 20.8 Å². The molecule has 1 N–H and O–H groups in total. The smallest absolute Gasteiger partial charge is 0.144 e. The molecule has 100 valence electrons. The number of nitrogens with one attached hydrogen (secondary N) is 1. The van der Waals surface area contributed by atoms with Gasteiger partial charge in [0.25, 0.3) is 0 Å². The fourth-order valence-corrected chi connectivity index (χ4v) is 2.64. The van der Waals surface area contributed by atoms with Gasteiger partial charge in [-0.3, -0.25) is 4.98 Å². The Kier molecular flexibility index (Phi) is 4.17. The van der Waals surface area contributed by atoms with Gasteiger partial charge in [-0.2, -0.15) is 0 Å². The zero-order chi connectivity index (χ0) is 13.0. The Morgan fingerprint density at radius 1 is 1.39 bits per heavy atom. The molecule has 0 aromatic carbocycles. The SMILES string of the molecule is CC(C)(C)C1OCCCC1CNc1cnccn1. The first kappa shape index (κ1) is 13.3. The highest BCUT2D eigenvalue weighted by molar-refractivity contribution is 5.29. The second kappa shape index (κ2) is 5.65. The summed E-state index contributed by atoms with van der Waals surface area (Å²) in [6.07, 6.45) is 7.84. The van der Waals surface area contributed by atoms with Gasteiger partial charge in [0.1, 0.15) is 5.82 Å². The minimum Gasteiger partial charge on any atom is -0.377 e. The summed E-state index contributed by atoms with van der Waals surface area (Å²) in [5.74, 6) is 1.39. The Hall–Kier alpha value is -1.16. The number of ether oxygens (including phenoxy) is 1. The summed E-state index contributed by atoms with van der Waals surface area (Å²) >= 11 is 0. The third-order valence-electron chi connectivity index (χ3n) is 3.41. The molecule has 0 aliphatic carbocycles. The van der Waals surface area contributed by atoms with Gasteiger partial charge < -0.3 is 10.1 Å². The van der Waals surface area contributed by atoms with Crippen molar-refractivity contribution in [2.45, 2.75) is 39.7 Å². The predicted molar refractivity (Wildman–Crippen MR) is 72.4 cm³/mol. The van der Waals surface area contributed by atoms with E-state index in [2.05, 4.69) is 36.1 Å². The molecule has 0 spiro atoms. The zero-order valence-corrected chi connectivity index (χ0v) is 11.5. The lowest BCUT2D eigenvalue weighted by molar-refractivity contribution is -0.0814. The first-order valence-corrected chi connectivity index (χ1v) is 6.69. The molecule has 1 aromatic rings. The Bertz CT molecular complexity index is 361. The van der Waals surface area contributed by atoms with E-state index in [1.165, 1.54) is 6.42 Å². The Morgan fingerprint density at radius 3 is 2.89 bits per heavy atom. The molecule has 1 fully saturated rings. The lowest BCUT2D eigenvalue weighted by atomic mass is 9.78. The molecule has 0 amide bonds. The maximum absolute atomic E-state index is 5.97. The van der Waals surface area contributed by atoms with Crippen molar-refractivity contribution in [2.75, 3.05) is 18.5 Å². The van der Waals surface area contributed by atoms with Crippen LogP contribution in [0.5, 0.6) is 0 Å². The largest absolute Gasteiger partial charge is 0.377 e. The summed E-state index contributed by atoms with van der Waals surface area (Å²) in [4.78, 5) is 8.30. The summed E-state index contributed by atoms with van der Waals surface area (Å²) in [6.45, 7) is 8.54. The Balaban J connectivity index is 1.94. The average molecular weight is 249 g/mol. The van der Waals surface area contributed by atoms with Crippen LogP contribution in [0.3, 0.4) is 0 Å². The minimum atomic E-state index is 0.190. The number of hydrogen-bond donors (Lipinski definition) is 1. The van der Waals surface area contributed by atoms with Crippen LogP contribution in [0.2, 0.25) is 0 Å². The van der Waals surface area contributed by atoms with E-state index >= 15 is 0 Å². The Labute approximate surface area is 109 Å². The van der Waals surface area contributed by atoms with Gasteiger partial charge in [0.2, 0.25) is 0 Å². The number of anilines is 1. The zero-order valence-electron chi connectivity index (χ0n) is 11.5. The van der Waals surface area contributed by atoms with Crippen LogP contribution in [0.4, 0.5) is 5.82 Å². The molecule has 1 aliphatic rings. The van der Waals surface area contributed by atoms with Crippen molar-refractivity contribution in [1.82, 2.24) is 9.97 Å². The maximum Gasteiger partial charge on any atom is 0.144 e. The predicted octanol–water partition coefficient (Wildman–Crippen LogP) is 2.73. The molecule has 0 bridgehead atoms. The molecule has 0 saturated carbocycles. The van der Waals surface area contributed by atoms with Gasteiger partial charge in [-0.05, 0) is 18.3 Å². The molecule has 4 nitrogen and oxygen atoms in total. The molecule has 2 unspecified atom stereocenters. The summed E-state index contributed by atoms with van der Waals surface area (Å²) in [5.41, 5.74) is 0.190. The molecule has 2 heterocycles. The first-order valence-electron chi connectivity index (χ1n) is 6.69. The van der Waals surface area contributed by atoms with Crippen LogP contribution in [0.15, 0.2) is 18.6 Å². The van der Waals surface area contributed by atoms with Crippen molar-refractivity contribution >= 4 is 5.82 Å². The molecule has 18 heavy (non-hydrogen) atoms. The molecule has 1 saturated heterocycles. The van der Waals surface area contributed by atoms with E-state index < -0.39 is 0 Å². The lowest BCUT2D eigenvalue weighted by Gasteiger charge is -2.40. The maximum atomic E-state index is 5.97. The van der Waals surface area contributed by atoms with Crippen molar-refractivity contribution in [2.24, 2.45) is 11.3 Å².